The highest BCUT2D eigenvalue weighted by molar-refractivity contribution is 7.99. The first kappa shape index (κ1) is 21.8. The Hall–Kier alpha value is -1.91. The van der Waals surface area contributed by atoms with Crippen LogP contribution in [-0.4, -0.2) is 58.4 Å². The molecule has 0 aliphatic carbocycles. The third-order valence-electron chi connectivity index (χ3n) is 4.53. The maximum atomic E-state index is 12.7. The molecule has 0 unspecified atom stereocenters. The van der Waals surface area contributed by atoms with Crippen LogP contribution in [0.1, 0.15) is 33.6 Å². The van der Waals surface area contributed by atoms with Crippen LogP contribution in [0.4, 0.5) is 0 Å². The summed E-state index contributed by atoms with van der Waals surface area (Å²) in [5.41, 5.74) is 0.774. The first-order valence-electron chi connectivity index (χ1n) is 9.69. The number of hydrogen-bond acceptors (Lipinski definition) is 7. The molecule has 1 aromatic carbocycles. The van der Waals surface area contributed by atoms with Crippen molar-refractivity contribution in [2.75, 3.05) is 18.8 Å². The minimum Gasteiger partial charge on any atom is -0.462 e. The highest BCUT2D eigenvalue weighted by Crippen LogP contribution is 2.27. The molecule has 1 aliphatic heterocycles. The van der Waals surface area contributed by atoms with Gasteiger partial charge in [0.2, 0.25) is 10.0 Å². The molecule has 158 valence electrons. The summed E-state index contributed by atoms with van der Waals surface area (Å²) < 4.78 is 33.9. The summed E-state index contributed by atoms with van der Waals surface area (Å²) in [6.07, 6.45) is 1.66. The predicted octanol–water partition coefficient (Wildman–Crippen LogP) is 2.79. The van der Waals surface area contributed by atoms with Crippen LogP contribution in [0.15, 0.2) is 34.3 Å². The van der Waals surface area contributed by atoms with Crippen LogP contribution >= 0.6 is 11.8 Å². The summed E-state index contributed by atoms with van der Waals surface area (Å²) in [6.45, 7) is 7.36. The Morgan fingerprint density at radius 1 is 1.17 bits per heavy atom. The second-order valence-electron chi connectivity index (χ2n) is 7.01. The molecule has 0 saturated carbocycles. The monoisotopic (exact) mass is 438 g/mol. The molecule has 1 saturated heterocycles. The fraction of sp³-hybridized carbons (Fsp3) is 0.526. The summed E-state index contributed by atoms with van der Waals surface area (Å²) in [7, 11) is -3.44. The molecule has 1 aliphatic rings. The van der Waals surface area contributed by atoms with Gasteiger partial charge < -0.3 is 9.30 Å². The van der Waals surface area contributed by atoms with E-state index in [1.165, 1.54) is 16.1 Å². The van der Waals surface area contributed by atoms with E-state index in [9.17, 15) is 13.2 Å². The molecule has 10 heteroatoms. The highest BCUT2D eigenvalue weighted by atomic mass is 32.2. The number of carbonyl (C=O) groups is 1. The number of nitrogens with zero attached hydrogens (tertiary/aromatic N) is 4. The van der Waals surface area contributed by atoms with Gasteiger partial charge in [0.1, 0.15) is 0 Å². The molecule has 0 radical (unpaired) electrons. The quantitative estimate of drug-likeness (QED) is 0.462. The molecule has 1 aromatic heterocycles. The first-order valence-corrected chi connectivity index (χ1v) is 12.1. The van der Waals surface area contributed by atoms with Crippen molar-refractivity contribution in [3.8, 4) is 11.4 Å². The second kappa shape index (κ2) is 9.27. The van der Waals surface area contributed by atoms with Gasteiger partial charge >= 0.3 is 5.97 Å². The van der Waals surface area contributed by atoms with E-state index >= 15 is 0 Å². The van der Waals surface area contributed by atoms with E-state index < -0.39 is 10.0 Å². The summed E-state index contributed by atoms with van der Waals surface area (Å²) in [5, 5.41) is 9.06. The molecule has 0 amide bonds. The standard InChI is InChI=1S/C19H26N4O4S2/c1-4-23-18(20-21-19(23)28-13-17(24)27-14(2)3)15-7-9-16(10-8-15)29(25,26)22-11-5-6-12-22/h7-10,14H,4-6,11-13H2,1-3H3. The lowest BCUT2D eigenvalue weighted by Crippen LogP contribution is -2.27. The van der Waals surface area contributed by atoms with E-state index in [0.717, 1.165) is 18.4 Å². The van der Waals surface area contributed by atoms with E-state index in [2.05, 4.69) is 10.2 Å². The molecule has 29 heavy (non-hydrogen) atoms. The number of carbonyl (C=O) groups excluding carboxylic acids is 1. The van der Waals surface area contributed by atoms with E-state index in [1.807, 2.05) is 25.3 Å². The molecule has 2 aromatic rings. The number of benzene rings is 1. The summed E-state index contributed by atoms with van der Waals surface area (Å²) in [6, 6.07) is 6.73. The Morgan fingerprint density at radius 3 is 2.41 bits per heavy atom. The Labute approximate surface area is 175 Å². The Morgan fingerprint density at radius 2 is 1.83 bits per heavy atom. The van der Waals surface area contributed by atoms with Gasteiger partial charge in [0.25, 0.3) is 0 Å². The van der Waals surface area contributed by atoms with Crippen molar-refractivity contribution in [1.82, 2.24) is 19.1 Å². The minimum absolute atomic E-state index is 0.155. The maximum Gasteiger partial charge on any atom is 0.316 e. The van der Waals surface area contributed by atoms with Crippen LogP contribution in [0.2, 0.25) is 0 Å². The third kappa shape index (κ3) is 4.99. The van der Waals surface area contributed by atoms with Gasteiger partial charge in [-0.2, -0.15) is 4.31 Å². The van der Waals surface area contributed by atoms with Gasteiger partial charge in [0, 0.05) is 25.2 Å². The lowest BCUT2D eigenvalue weighted by molar-refractivity contribution is -0.144. The number of sulfonamides is 1. The van der Waals surface area contributed by atoms with Crippen LogP contribution in [0.3, 0.4) is 0 Å². The van der Waals surface area contributed by atoms with Gasteiger partial charge in [-0.05, 0) is 57.9 Å². The molecule has 3 rings (SSSR count). The summed E-state index contributed by atoms with van der Waals surface area (Å²) in [5.74, 6) is 0.495. The zero-order valence-electron chi connectivity index (χ0n) is 16.9. The van der Waals surface area contributed by atoms with Gasteiger partial charge in [-0.3, -0.25) is 4.79 Å². The number of ether oxygens (including phenoxy) is 1. The SMILES string of the molecule is CCn1c(SCC(=O)OC(C)C)nnc1-c1ccc(S(=O)(=O)N2CCCC2)cc1. The van der Waals surface area contributed by atoms with Gasteiger partial charge in [-0.25, -0.2) is 8.42 Å². The zero-order chi connectivity index (χ0) is 21.0. The van der Waals surface area contributed by atoms with E-state index in [4.69, 9.17) is 4.74 Å². The van der Waals surface area contributed by atoms with Crippen molar-refractivity contribution in [2.45, 2.75) is 56.3 Å². The van der Waals surface area contributed by atoms with E-state index in [0.29, 0.717) is 30.6 Å². The van der Waals surface area contributed by atoms with E-state index in [1.54, 1.807) is 24.3 Å². The summed E-state index contributed by atoms with van der Waals surface area (Å²) >= 11 is 1.27. The average molecular weight is 439 g/mol. The van der Waals surface area contributed by atoms with Crippen LogP contribution in [-0.2, 0) is 26.1 Å². The van der Waals surface area contributed by atoms with Crippen molar-refractivity contribution >= 4 is 27.8 Å². The molecule has 0 bridgehead atoms. The molecule has 2 heterocycles. The summed E-state index contributed by atoms with van der Waals surface area (Å²) in [4.78, 5) is 12.1. The Kier molecular flexibility index (Phi) is 6.97. The van der Waals surface area contributed by atoms with Crippen LogP contribution < -0.4 is 0 Å². The van der Waals surface area contributed by atoms with E-state index in [-0.39, 0.29) is 22.7 Å². The zero-order valence-corrected chi connectivity index (χ0v) is 18.5. The number of rotatable bonds is 8. The normalized spacial score (nSPS) is 15.2. The van der Waals surface area contributed by atoms with Gasteiger partial charge in [0.15, 0.2) is 11.0 Å². The molecule has 1 fully saturated rings. The van der Waals surface area contributed by atoms with Crippen molar-refractivity contribution in [1.29, 1.82) is 0 Å². The molecule has 0 spiro atoms. The van der Waals surface area contributed by atoms with Crippen molar-refractivity contribution < 1.29 is 17.9 Å². The van der Waals surface area contributed by atoms with Crippen molar-refractivity contribution in [3.05, 3.63) is 24.3 Å². The topological polar surface area (TPSA) is 94.4 Å². The fourth-order valence-corrected chi connectivity index (χ4v) is 5.47. The van der Waals surface area contributed by atoms with Crippen LogP contribution in [0, 0.1) is 0 Å². The number of esters is 1. The van der Waals surface area contributed by atoms with Crippen molar-refractivity contribution in [3.63, 3.8) is 0 Å². The molecule has 8 nitrogen and oxygen atoms in total. The molecular formula is C19H26N4O4S2. The molecular weight excluding hydrogens is 412 g/mol. The maximum absolute atomic E-state index is 12.7. The molecule has 0 atom stereocenters. The fourth-order valence-electron chi connectivity index (χ4n) is 3.17. The number of aromatic nitrogens is 3. The first-order chi connectivity index (χ1) is 13.8. The Bertz CT molecular complexity index is 949. The number of hydrogen-bond donors (Lipinski definition) is 0. The lowest BCUT2D eigenvalue weighted by atomic mass is 10.2. The number of thioether (sulfide) groups is 1. The predicted molar refractivity (Wildman–Crippen MR) is 111 cm³/mol. The largest absolute Gasteiger partial charge is 0.462 e. The second-order valence-corrected chi connectivity index (χ2v) is 9.89. The minimum atomic E-state index is -3.44. The average Bonchev–Trinajstić information content (AvgIpc) is 3.36. The van der Waals surface area contributed by atoms with Crippen LogP contribution in [0.5, 0.6) is 0 Å². The lowest BCUT2D eigenvalue weighted by Gasteiger charge is -2.15. The molecule has 0 N–H and O–H groups in total. The Balaban J connectivity index is 1.77. The van der Waals surface area contributed by atoms with Gasteiger partial charge in [0.05, 0.1) is 16.8 Å². The third-order valence-corrected chi connectivity index (χ3v) is 7.39. The smallest absolute Gasteiger partial charge is 0.316 e. The van der Waals surface area contributed by atoms with Crippen LogP contribution in [0.25, 0.3) is 11.4 Å². The van der Waals surface area contributed by atoms with Gasteiger partial charge in [-0.15, -0.1) is 10.2 Å². The van der Waals surface area contributed by atoms with Crippen molar-refractivity contribution in [2.24, 2.45) is 0 Å². The highest BCUT2D eigenvalue weighted by Gasteiger charge is 2.27. The van der Waals surface area contributed by atoms with Gasteiger partial charge in [-0.1, -0.05) is 11.8 Å².